The minimum atomic E-state index is -1.95. The summed E-state index contributed by atoms with van der Waals surface area (Å²) >= 11 is 0. The Kier molecular flexibility index (Phi) is 7.42. The van der Waals surface area contributed by atoms with Crippen LogP contribution >= 0.6 is 0 Å². The van der Waals surface area contributed by atoms with Crippen molar-refractivity contribution in [2.75, 3.05) is 6.61 Å². The topological polar surface area (TPSA) is 196 Å². The Morgan fingerprint density at radius 3 is 2.56 bits per heavy atom. The number of aliphatic hydroxyl groups is 6. The second-order valence-electron chi connectivity index (χ2n) is 9.35. The van der Waals surface area contributed by atoms with E-state index in [4.69, 9.17) is 18.9 Å². The van der Waals surface area contributed by atoms with E-state index in [9.17, 15) is 40.5 Å². The first-order valence-electron chi connectivity index (χ1n) is 11.4. The SMILES string of the molecule is C[C@]1(OC(=O)/C=C/c2ccccc2O)C[C@@H](O)[C@]2(O)C=CO[C@@H](O[C@@H]3O[C@H](CO)[C@@H](O)[C@H](O)[C@H]3O)[C@@H]21. The normalized spacial score (nSPS) is 42.2. The van der Waals surface area contributed by atoms with Crippen LogP contribution in [0.4, 0.5) is 0 Å². The van der Waals surface area contributed by atoms with Gasteiger partial charge in [-0.2, -0.15) is 0 Å². The molecule has 2 aliphatic heterocycles. The van der Waals surface area contributed by atoms with Gasteiger partial charge in [0.2, 0.25) is 6.29 Å². The summed E-state index contributed by atoms with van der Waals surface area (Å²) in [4.78, 5) is 12.7. The number of esters is 1. The van der Waals surface area contributed by atoms with Crippen molar-refractivity contribution in [3.05, 3.63) is 48.2 Å². The van der Waals surface area contributed by atoms with Crippen LogP contribution < -0.4 is 0 Å². The lowest BCUT2D eigenvalue weighted by Gasteiger charge is -2.45. The van der Waals surface area contributed by atoms with Crippen molar-refractivity contribution in [3.63, 3.8) is 0 Å². The Labute approximate surface area is 206 Å². The summed E-state index contributed by atoms with van der Waals surface area (Å²) in [6.07, 6.45) is -6.23. The number of rotatable bonds is 6. The van der Waals surface area contributed by atoms with Gasteiger partial charge in [0.15, 0.2) is 6.29 Å². The lowest BCUT2D eigenvalue weighted by Crippen LogP contribution is -2.62. The highest BCUT2D eigenvalue weighted by molar-refractivity contribution is 5.88. The Morgan fingerprint density at radius 1 is 1.14 bits per heavy atom. The number of carbonyl (C=O) groups excluding carboxylic acids is 1. The van der Waals surface area contributed by atoms with Crippen LogP contribution in [-0.2, 0) is 23.7 Å². The van der Waals surface area contributed by atoms with E-state index >= 15 is 0 Å². The summed E-state index contributed by atoms with van der Waals surface area (Å²) in [5.74, 6) is -2.10. The molecule has 0 radical (unpaired) electrons. The first kappa shape index (κ1) is 26.5. The quantitative estimate of drug-likeness (QED) is 0.173. The largest absolute Gasteiger partial charge is 0.507 e. The minimum absolute atomic E-state index is 0.0442. The summed E-state index contributed by atoms with van der Waals surface area (Å²) in [6, 6.07) is 6.33. The third-order valence-electron chi connectivity index (χ3n) is 6.89. The van der Waals surface area contributed by atoms with E-state index in [1.165, 1.54) is 25.1 Å². The summed E-state index contributed by atoms with van der Waals surface area (Å²) in [7, 11) is 0. The van der Waals surface area contributed by atoms with Crippen LogP contribution in [0.1, 0.15) is 18.9 Å². The fourth-order valence-electron chi connectivity index (χ4n) is 4.97. The van der Waals surface area contributed by atoms with Gasteiger partial charge >= 0.3 is 5.97 Å². The van der Waals surface area contributed by atoms with E-state index in [0.29, 0.717) is 5.56 Å². The number of phenols is 1. The number of phenolic OH excluding ortho intramolecular Hbond substituents is 1. The number of aromatic hydroxyl groups is 1. The Balaban J connectivity index is 1.56. The third-order valence-corrected chi connectivity index (χ3v) is 6.89. The summed E-state index contributed by atoms with van der Waals surface area (Å²) < 4.78 is 22.2. The van der Waals surface area contributed by atoms with E-state index in [-0.39, 0.29) is 12.2 Å². The first-order valence-corrected chi connectivity index (χ1v) is 11.4. The van der Waals surface area contributed by atoms with Gasteiger partial charge in [0.1, 0.15) is 41.4 Å². The first-order chi connectivity index (χ1) is 17.0. The van der Waals surface area contributed by atoms with E-state index in [1.54, 1.807) is 18.2 Å². The molecule has 1 saturated heterocycles. The van der Waals surface area contributed by atoms with E-state index < -0.39 is 72.8 Å². The molecule has 2 fully saturated rings. The van der Waals surface area contributed by atoms with Crippen LogP contribution in [0.5, 0.6) is 5.75 Å². The average Bonchev–Trinajstić information content (AvgIpc) is 3.04. The molecule has 198 valence electrons. The Bertz CT molecular complexity index is 1010. The summed E-state index contributed by atoms with van der Waals surface area (Å²) in [5.41, 5.74) is -3.12. The van der Waals surface area contributed by atoms with E-state index in [2.05, 4.69) is 0 Å². The van der Waals surface area contributed by atoms with Crippen LogP contribution in [0.2, 0.25) is 0 Å². The zero-order chi connectivity index (χ0) is 26.3. The molecule has 2 heterocycles. The lowest BCUT2D eigenvalue weighted by molar-refractivity contribution is -0.351. The molecule has 1 saturated carbocycles. The average molecular weight is 510 g/mol. The van der Waals surface area contributed by atoms with Gasteiger partial charge in [-0.3, -0.25) is 0 Å². The zero-order valence-corrected chi connectivity index (χ0v) is 19.3. The monoisotopic (exact) mass is 510 g/mol. The Hall–Kier alpha value is -2.55. The zero-order valence-electron chi connectivity index (χ0n) is 19.3. The molecule has 0 bridgehead atoms. The van der Waals surface area contributed by atoms with Gasteiger partial charge in [-0.15, -0.1) is 0 Å². The molecule has 3 aliphatic rings. The molecular weight excluding hydrogens is 480 g/mol. The van der Waals surface area contributed by atoms with Crippen LogP contribution in [0.25, 0.3) is 6.08 Å². The van der Waals surface area contributed by atoms with Crippen LogP contribution in [-0.4, -0.2) is 103 Å². The van der Waals surface area contributed by atoms with E-state index in [1.807, 2.05) is 0 Å². The number of benzene rings is 1. The number of para-hydroxylation sites is 1. The molecule has 0 spiro atoms. The van der Waals surface area contributed by atoms with E-state index in [0.717, 1.165) is 12.3 Å². The second-order valence-corrected chi connectivity index (χ2v) is 9.35. The van der Waals surface area contributed by atoms with Gasteiger partial charge in [0, 0.05) is 18.1 Å². The summed E-state index contributed by atoms with van der Waals surface area (Å²) in [6.45, 7) is 0.789. The van der Waals surface area contributed by atoms with Gasteiger partial charge in [-0.25, -0.2) is 4.79 Å². The highest BCUT2D eigenvalue weighted by atomic mass is 16.8. The van der Waals surface area contributed by atoms with Crippen molar-refractivity contribution in [1.29, 1.82) is 0 Å². The lowest BCUT2D eigenvalue weighted by atomic mass is 9.81. The molecule has 4 rings (SSSR count). The van der Waals surface area contributed by atoms with Gasteiger partial charge in [-0.1, -0.05) is 18.2 Å². The molecule has 0 amide bonds. The predicted molar refractivity (Wildman–Crippen MR) is 120 cm³/mol. The van der Waals surface area contributed by atoms with Crippen LogP contribution in [0.15, 0.2) is 42.7 Å². The molecule has 1 aromatic rings. The predicted octanol–water partition coefficient (Wildman–Crippen LogP) is -1.49. The van der Waals surface area contributed by atoms with Crippen molar-refractivity contribution < 1.29 is 59.5 Å². The maximum Gasteiger partial charge on any atom is 0.331 e. The Morgan fingerprint density at radius 2 is 1.86 bits per heavy atom. The van der Waals surface area contributed by atoms with Crippen molar-refractivity contribution in [1.82, 2.24) is 0 Å². The molecule has 10 atom stereocenters. The maximum atomic E-state index is 12.7. The number of ether oxygens (including phenoxy) is 4. The van der Waals surface area contributed by atoms with Gasteiger partial charge in [-0.05, 0) is 25.1 Å². The van der Waals surface area contributed by atoms with Crippen molar-refractivity contribution >= 4 is 12.0 Å². The number of fused-ring (bicyclic) bond motifs is 1. The molecule has 0 unspecified atom stereocenters. The van der Waals surface area contributed by atoms with Crippen LogP contribution in [0.3, 0.4) is 0 Å². The number of aliphatic hydroxyl groups excluding tert-OH is 5. The molecular formula is C24H30O12. The molecule has 12 nitrogen and oxygen atoms in total. The van der Waals surface area contributed by atoms with Crippen molar-refractivity contribution in [2.24, 2.45) is 5.92 Å². The fourth-order valence-corrected chi connectivity index (χ4v) is 4.97. The van der Waals surface area contributed by atoms with Gasteiger partial charge < -0.3 is 54.7 Å². The second kappa shape index (κ2) is 10.1. The molecule has 1 aromatic carbocycles. The molecule has 1 aliphatic carbocycles. The smallest absolute Gasteiger partial charge is 0.331 e. The maximum absolute atomic E-state index is 12.7. The molecule has 7 N–H and O–H groups in total. The van der Waals surface area contributed by atoms with Crippen molar-refractivity contribution in [3.8, 4) is 5.75 Å². The van der Waals surface area contributed by atoms with Crippen molar-refractivity contribution in [2.45, 2.75) is 67.6 Å². The molecule has 12 heteroatoms. The summed E-state index contributed by atoms with van der Waals surface area (Å²) in [5, 5.41) is 71.6. The van der Waals surface area contributed by atoms with Gasteiger partial charge in [0.05, 0.1) is 24.9 Å². The van der Waals surface area contributed by atoms with Gasteiger partial charge in [0.25, 0.3) is 0 Å². The minimum Gasteiger partial charge on any atom is -0.507 e. The number of hydrogen-bond acceptors (Lipinski definition) is 12. The number of carbonyl (C=O) groups is 1. The number of hydrogen-bond donors (Lipinski definition) is 7. The van der Waals surface area contributed by atoms with Crippen LogP contribution in [0, 0.1) is 5.92 Å². The molecule has 36 heavy (non-hydrogen) atoms. The standard InChI is InChI=1S/C24H30O12/c1-23(36-16(28)7-6-12-4-2-3-5-13(12)26)10-15(27)24(32)8-9-33-22(20(23)24)35-21-19(31)18(30)17(29)14(11-25)34-21/h2-9,14-15,17-22,25-27,29-32H,10-11H2,1H3/b7-6+/t14-,15-,17-,18+,19-,20-,21+,22+,23+,24-/m1/s1. The highest BCUT2D eigenvalue weighted by Gasteiger charge is 2.66. The third kappa shape index (κ3) is 4.74. The fraction of sp³-hybridized carbons (Fsp3) is 0.542. The molecule has 0 aromatic heterocycles. The highest BCUT2D eigenvalue weighted by Crippen LogP contribution is 2.51.